The van der Waals surface area contributed by atoms with Crippen LogP contribution >= 0.6 is 11.6 Å². The van der Waals surface area contributed by atoms with E-state index in [-0.39, 0.29) is 40.0 Å². The molecule has 2 aliphatic rings. The lowest BCUT2D eigenvalue weighted by Gasteiger charge is -2.43. The molecular weight excluding hydrogens is 404 g/mol. The lowest BCUT2D eigenvalue weighted by molar-refractivity contribution is -0.121. The standard InChI is InChI=1S/C23H21ClN2O4/c1-23(2)10-18-21(19(27)11-23)15(14-4-3-7-25-12-14)9-20(28)26(18)17-8-13(22(29)30)5-6-16(17)24/h3-8,12,15H,9-11H2,1-2H3,(H,29,30). The van der Waals surface area contributed by atoms with Crippen molar-refractivity contribution in [1.82, 2.24) is 4.98 Å². The van der Waals surface area contributed by atoms with Gasteiger partial charge in [0.15, 0.2) is 5.78 Å². The first kappa shape index (κ1) is 20.3. The molecule has 1 aromatic heterocycles. The highest BCUT2D eigenvalue weighted by molar-refractivity contribution is 6.34. The van der Waals surface area contributed by atoms with Crippen molar-refractivity contribution in [3.63, 3.8) is 0 Å². The van der Waals surface area contributed by atoms with Crippen molar-refractivity contribution in [2.45, 2.75) is 39.0 Å². The topological polar surface area (TPSA) is 87.6 Å². The Morgan fingerprint density at radius 1 is 1.23 bits per heavy atom. The summed E-state index contributed by atoms with van der Waals surface area (Å²) < 4.78 is 0. The third kappa shape index (κ3) is 3.52. The number of pyridine rings is 1. The number of Topliss-reactive ketones (excluding diaryl/α,β-unsaturated/α-hetero) is 1. The van der Waals surface area contributed by atoms with Crippen molar-refractivity contribution < 1.29 is 19.5 Å². The number of amides is 1. The second-order valence-electron chi connectivity index (χ2n) is 8.54. The molecule has 0 spiro atoms. The molecule has 6 nitrogen and oxygen atoms in total. The molecule has 2 heterocycles. The van der Waals surface area contributed by atoms with Crippen LogP contribution in [0.25, 0.3) is 0 Å². The van der Waals surface area contributed by atoms with Gasteiger partial charge in [0.1, 0.15) is 0 Å². The van der Waals surface area contributed by atoms with Crippen LogP contribution in [0.5, 0.6) is 0 Å². The van der Waals surface area contributed by atoms with E-state index in [9.17, 15) is 19.5 Å². The Morgan fingerprint density at radius 3 is 2.67 bits per heavy atom. The number of carbonyl (C=O) groups excluding carboxylic acids is 2. The predicted molar refractivity (Wildman–Crippen MR) is 113 cm³/mol. The lowest BCUT2D eigenvalue weighted by atomic mass is 9.69. The van der Waals surface area contributed by atoms with E-state index in [0.29, 0.717) is 29.8 Å². The molecular formula is C23H21ClN2O4. The second kappa shape index (κ2) is 7.36. The number of halogens is 1. The van der Waals surface area contributed by atoms with E-state index >= 15 is 0 Å². The molecule has 30 heavy (non-hydrogen) atoms. The Morgan fingerprint density at radius 2 is 2.00 bits per heavy atom. The first-order valence-electron chi connectivity index (χ1n) is 9.70. The van der Waals surface area contributed by atoms with Gasteiger partial charge in [0.2, 0.25) is 5.91 Å². The summed E-state index contributed by atoms with van der Waals surface area (Å²) in [6, 6.07) is 7.92. The summed E-state index contributed by atoms with van der Waals surface area (Å²) in [7, 11) is 0. The number of aromatic carboxylic acids is 1. The molecule has 0 bridgehead atoms. The minimum absolute atomic E-state index is 0.00175. The van der Waals surface area contributed by atoms with Gasteiger partial charge in [0.05, 0.1) is 16.3 Å². The Balaban J connectivity index is 1.94. The van der Waals surface area contributed by atoms with Crippen LogP contribution in [-0.4, -0.2) is 27.8 Å². The minimum atomic E-state index is -1.11. The maximum Gasteiger partial charge on any atom is 0.335 e. The van der Waals surface area contributed by atoms with E-state index in [1.807, 2.05) is 19.9 Å². The number of carboxylic acid groups (broad SMARTS) is 1. The van der Waals surface area contributed by atoms with E-state index in [1.165, 1.54) is 23.1 Å². The van der Waals surface area contributed by atoms with E-state index in [2.05, 4.69) is 4.98 Å². The number of anilines is 1. The predicted octanol–water partition coefficient (Wildman–Crippen LogP) is 4.60. The average Bonchev–Trinajstić information content (AvgIpc) is 2.67. The quantitative estimate of drug-likeness (QED) is 0.778. The Bertz CT molecular complexity index is 1090. The van der Waals surface area contributed by atoms with Crippen molar-refractivity contribution >= 4 is 34.9 Å². The van der Waals surface area contributed by atoms with Crippen LogP contribution in [0.2, 0.25) is 5.02 Å². The van der Waals surface area contributed by atoms with Crippen molar-refractivity contribution in [3.05, 3.63) is 70.1 Å². The summed E-state index contributed by atoms with van der Waals surface area (Å²) in [6.45, 7) is 3.97. The highest BCUT2D eigenvalue weighted by Gasteiger charge is 2.44. The van der Waals surface area contributed by atoms with Crippen LogP contribution in [0.3, 0.4) is 0 Å². The molecule has 1 N–H and O–H groups in total. The molecule has 154 valence electrons. The fourth-order valence-electron chi connectivity index (χ4n) is 4.38. The Hall–Kier alpha value is -2.99. The van der Waals surface area contributed by atoms with Crippen molar-refractivity contribution in [2.24, 2.45) is 5.41 Å². The van der Waals surface area contributed by atoms with Crippen LogP contribution in [0.4, 0.5) is 5.69 Å². The zero-order valence-electron chi connectivity index (χ0n) is 16.7. The van der Waals surface area contributed by atoms with Gasteiger partial charge in [0, 0.05) is 42.4 Å². The number of allylic oxidation sites excluding steroid dienone is 2. The van der Waals surface area contributed by atoms with Gasteiger partial charge in [-0.3, -0.25) is 19.5 Å². The summed E-state index contributed by atoms with van der Waals surface area (Å²) in [4.78, 5) is 43.7. The van der Waals surface area contributed by atoms with Crippen LogP contribution in [0.15, 0.2) is 54.0 Å². The third-order valence-electron chi connectivity index (χ3n) is 5.66. The van der Waals surface area contributed by atoms with Gasteiger partial charge in [-0.2, -0.15) is 0 Å². The first-order chi connectivity index (χ1) is 14.2. The lowest BCUT2D eigenvalue weighted by Crippen LogP contribution is -2.44. The number of aromatic nitrogens is 1. The summed E-state index contributed by atoms with van der Waals surface area (Å²) in [6.07, 6.45) is 4.31. The number of hydrogen-bond donors (Lipinski definition) is 1. The normalized spacial score (nSPS) is 20.9. The molecule has 0 saturated carbocycles. The van der Waals surface area contributed by atoms with E-state index in [4.69, 9.17) is 11.6 Å². The van der Waals surface area contributed by atoms with Gasteiger partial charge in [-0.05, 0) is 41.7 Å². The largest absolute Gasteiger partial charge is 0.478 e. The molecule has 1 aromatic carbocycles. The van der Waals surface area contributed by atoms with Crippen molar-refractivity contribution in [1.29, 1.82) is 0 Å². The molecule has 0 saturated heterocycles. The minimum Gasteiger partial charge on any atom is -0.478 e. The number of carboxylic acids is 1. The molecule has 2 aromatic rings. The van der Waals surface area contributed by atoms with E-state index < -0.39 is 5.97 Å². The maximum absolute atomic E-state index is 13.3. The Kier molecular flexibility index (Phi) is 4.98. The summed E-state index contributed by atoms with van der Waals surface area (Å²) in [5.74, 6) is -1.71. The van der Waals surface area contributed by atoms with E-state index in [0.717, 1.165) is 5.56 Å². The molecule has 1 atom stereocenters. The van der Waals surface area contributed by atoms with Gasteiger partial charge in [0.25, 0.3) is 0 Å². The number of ketones is 1. The van der Waals surface area contributed by atoms with Crippen LogP contribution in [-0.2, 0) is 9.59 Å². The number of nitrogens with zero attached hydrogens (tertiary/aromatic N) is 2. The fourth-order valence-corrected chi connectivity index (χ4v) is 4.58. The zero-order valence-corrected chi connectivity index (χ0v) is 17.4. The van der Waals surface area contributed by atoms with E-state index in [1.54, 1.807) is 18.5 Å². The van der Waals surface area contributed by atoms with Gasteiger partial charge < -0.3 is 5.11 Å². The van der Waals surface area contributed by atoms with Crippen molar-refractivity contribution in [3.8, 4) is 0 Å². The summed E-state index contributed by atoms with van der Waals surface area (Å²) in [5.41, 5.74) is 2.01. The molecule has 0 radical (unpaired) electrons. The second-order valence-corrected chi connectivity index (χ2v) is 8.95. The van der Waals surface area contributed by atoms with Crippen LogP contribution in [0, 0.1) is 5.41 Å². The number of hydrogen-bond acceptors (Lipinski definition) is 4. The number of benzene rings is 1. The molecule has 1 aliphatic carbocycles. The zero-order chi connectivity index (χ0) is 21.6. The monoisotopic (exact) mass is 424 g/mol. The number of rotatable bonds is 3. The average molecular weight is 425 g/mol. The molecule has 0 fully saturated rings. The Labute approximate surface area is 179 Å². The van der Waals surface area contributed by atoms with Gasteiger partial charge >= 0.3 is 5.97 Å². The van der Waals surface area contributed by atoms with Gasteiger partial charge in [-0.1, -0.05) is 31.5 Å². The summed E-state index contributed by atoms with van der Waals surface area (Å²) >= 11 is 6.39. The molecule has 4 rings (SSSR count). The van der Waals surface area contributed by atoms with Crippen molar-refractivity contribution in [2.75, 3.05) is 4.90 Å². The molecule has 1 unspecified atom stereocenters. The molecule has 7 heteroatoms. The highest BCUT2D eigenvalue weighted by atomic mass is 35.5. The SMILES string of the molecule is CC1(C)CC(=O)C2=C(C1)N(c1cc(C(=O)O)ccc1Cl)C(=O)CC2c1cccnc1. The highest BCUT2D eigenvalue weighted by Crippen LogP contribution is 2.49. The molecule has 1 aliphatic heterocycles. The smallest absolute Gasteiger partial charge is 0.335 e. The first-order valence-corrected chi connectivity index (χ1v) is 10.1. The number of carbonyl (C=O) groups is 3. The van der Waals surface area contributed by atoms with Crippen LogP contribution in [0.1, 0.15) is 54.9 Å². The fraction of sp³-hybridized carbons (Fsp3) is 0.304. The maximum atomic E-state index is 13.3. The molecule has 1 amide bonds. The summed E-state index contributed by atoms with van der Waals surface area (Å²) in [5, 5.41) is 9.65. The van der Waals surface area contributed by atoms with Gasteiger partial charge in [-0.25, -0.2) is 4.79 Å². The van der Waals surface area contributed by atoms with Crippen LogP contribution < -0.4 is 4.90 Å². The third-order valence-corrected chi connectivity index (χ3v) is 5.98. The van der Waals surface area contributed by atoms with Gasteiger partial charge in [-0.15, -0.1) is 0 Å².